The summed E-state index contributed by atoms with van der Waals surface area (Å²) in [6.45, 7) is 3.84. The van der Waals surface area contributed by atoms with E-state index in [4.69, 9.17) is 4.74 Å². The Morgan fingerprint density at radius 2 is 2.00 bits per heavy atom. The quantitative estimate of drug-likeness (QED) is 0.529. The molecular weight excluding hydrogens is 182 g/mol. The Bertz CT molecular complexity index is 209. The van der Waals surface area contributed by atoms with Crippen LogP contribution in [0.5, 0.6) is 0 Å². The smallest absolute Gasteiger partial charge is 0.313 e. The number of piperidine rings is 1. The summed E-state index contributed by atoms with van der Waals surface area (Å²) in [6, 6.07) is 0. The van der Waals surface area contributed by atoms with Gasteiger partial charge in [-0.1, -0.05) is 0 Å². The second-order valence-electron chi connectivity index (χ2n) is 3.47. The molecule has 1 fully saturated rings. The van der Waals surface area contributed by atoms with Crippen molar-refractivity contribution in [3.05, 3.63) is 0 Å². The lowest BCUT2D eigenvalue weighted by atomic mass is 9.92. The van der Waals surface area contributed by atoms with E-state index in [9.17, 15) is 9.59 Å². The Balaban J connectivity index is 2.29. The van der Waals surface area contributed by atoms with E-state index < -0.39 is 5.97 Å². The molecule has 4 heteroatoms. The number of rotatable bonds is 4. The van der Waals surface area contributed by atoms with E-state index in [1.807, 2.05) is 0 Å². The van der Waals surface area contributed by atoms with Crippen molar-refractivity contribution in [3.8, 4) is 0 Å². The van der Waals surface area contributed by atoms with Crippen LogP contribution >= 0.6 is 0 Å². The average Bonchev–Trinajstić information content (AvgIpc) is 2.19. The molecular formula is C10H17NO3. The molecule has 0 aromatic carbocycles. The van der Waals surface area contributed by atoms with E-state index in [0.29, 0.717) is 6.61 Å². The molecule has 0 aromatic heterocycles. The monoisotopic (exact) mass is 199 g/mol. The fourth-order valence-corrected chi connectivity index (χ4v) is 1.64. The van der Waals surface area contributed by atoms with Crippen molar-refractivity contribution < 1.29 is 14.3 Å². The molecule has 0 aromatic rings. The molecule has 1 heterocycles. The number of esters is 1. The lowest BCUT2D eigenvalue weighted by molar-refractivity contribution is -0.146. The van der Waals surface area contributed by atoms with Crippen molar-refractivity contribution in [3.63, 3.8) is 0 Å². The second kappa shape index (κ2) is 5.75. The van der Waals surface area contributed by atoms with Gasteiger partial charge in [0.15, 0.2) is 0 Å². The zero-order valence-electron chi connectivity index (χ0n) is 8.54. The molecule has 1 aliphatic rings. The molecule has 0 unspecified atom stereocenters. The standard InChI is InChI=1S/C10H17NO3/c1-2-14-10(13)7-9(12)8-3-5-11-6-4-8/h8,11H,2-7H2,1H3. The Morgan fingerprint density at radius 3 is 2.57 bits per heavy atom. The molecule has 0 bridgehead atoms. The first-order chi connectivity index (χ1) is 6.74. The summed E-state index contributed by atoms with van der Waals surface area (Å²) < 4.78 is 4.73. The third kappa shape index (κ3) is 3.46. The van der Waals surface area contributed by atoms with E-state index in [-0.39, 0.29) is 18.1 Å². The molecule has 1 saturated heterocycles. The molecule has 1 aliphatic heterocycles. The van der Waals surface area contributed by atoms with Crippen molar-refractivity contribution >= 4 is 11.8 Å². The van der Waals surface area contributed by atoms with Gasteiger partial charge in [0.25, 0.3) is 0 Å². The van der Waals surface area contributed by atoms with Crippen LogP contribution in [0.1, 0.15) is 26.2 Å². The van der Waals surface area contributed by atoms with E-state index in [0.717, 1.165) is 25.9 Å². The molecule has 1 N–H and O–H groups in total. The van der Waals surface area contributed by atoms with Gasteiger partial charge in [0, 0.05) is 5.92 Å². The topological polar surface area (TPSA) is 55.4 Å². The number of ether oxygens (including phenoxy) is 1. The van der Waals surface area contributed by atoms with E-state index in [1.165, 1.54) is 0 Å². The maximum absolute atomic E-state index is 11.6. The molecule has 14 heavy (non-hydrogen) atoms. The summed E-state index contributed by atoms with van der Waals surface area (Å²) in [6.07, 6.45) is 1.63. The first-order valence-electron chi connectivity index (χ1n) is 5.13. The number of hydrogen-bond donors (Lipinski definition) is 1. The Kier molecular flexibility index (Phi) is 4.59. The maximum atomic E-state index is 11.6. The van der Waals surface area contributed by atoms with Gasteiger partial charge in [0.1, 0.15) is 12.2 Å². The Hall–Kier alpha value is -0.900. The van der Waals surface area contributed by atoms with Crippen LogP contribution in [0, 0.1) is 5.92 Å². The molecule has 0 amide bonds. The normalized spacial score (nSPS) is 17.8. The van der Waals surface area contributed by atoms with Gasteiger partial charge >= 0.3 is 5.97 Å². The van der Waals surface area contributed by atoms with Crippen molar-refractivity contribution in [2.75, 3.05) is 19.7 Å². The lowest BCUT2D eigenvalue weighted by Gasteiger charge is -2.20. The minimum absolute atomic E-state index is 0.0324. The van der Waals surface area contributed by atoms with Gasteiger partial charge in [0.2, 0.25) is 0 Å². The number of carbonyl (C=O) groups excluding carboxylic acids is 2. The van der Waals surface area contributed by atoms with Gasteiger partial charge in [-0.05, 0) is 32.9 Å². The van der Waals surface area contributed by atoms with Crippen LogP contribution in [-0.2, 0) is 14.3 Å². The number of hydrogen-bond acceptors (Lipinski definition) is 4. The van der Waals surface area contributed by atoms with Gasteiger partial charge in [0.05, 0.1) is 6.61 Å². The first kappa shape index (κ1) is 11.2. The van der Waals surface area contributed by atoms with Gasteiger partial charge in [-0.15, -0.1) is 0 Å². The van der Waals surface area contributed by atoms with E-state index in [2.05, 4.69) is 5.32 Å². The molecule has 4 nitrogen and oxygen atoms in total. The van der Waals surface area contributed by atoms with Gasteiger partial charge < -0.3 is 10.1 Å². The fraction of sp³-hybridized carbons (Fsp3) is 0.800. The van der Waals surface area contributed by atoms with Gasteiger partial charge in [-0.25, -0.2) is 0 Å². The minimum atomic E-state index is -0.393. The first-order valence-corrected chi connectivity index (χ1v) is 5.13. The molecule has 80 valence electrons. The van der Waals surface area contributed by atoms with Crippen LogP contribution in [0.2, 0.25) is 0 Å². The number of carbonyl (C=O) groups is 2. The predicted octanol–water partition coefficient (Wildman–Crippen LogP) is 0.508. The van der Waals surface area contributed by atoms with Crippen LogP contribution in [0.15, 0.2) is 0 Å². The highest BCUT2D eigenvalue weighted by atomic mass is 16.5. The molecule has 0 aliphatic carbocycles. The largest absolute Gasteiger partial charge is 0.466 e. The van der Waals surface area contributed by atoms with Crippen LogP contribution in [0.3, 0.4) is 0 Å². The average molecular weight is 199 g/mol. The maximum Gasteiger partial charge on any atom is 0.313 e. The highest BCUT2D eigenvalue weighted by Gasteiger charge is 2.23. The predicted molar refractivity (Wildman–Crippen MR) is 51.9 cm³/mol. The molecule has 0 radical (unpaired) electrons. The molecule has 0 spiro atoms. The minimum Gasteiger partial charge on any atom is -0.466 e. The Labute approximate surface area is 84.0 Å². The summed E-state index contributed by atoms with van der Waals surface area (Å²) in [4.78, 5) is 22.6. The van der Waals surface area contributed by atoms with Crippen LogP contribution in [0.25, 0.3) is 0 Å². The summed E-state index contributed by atoms with van der Waals surface area (Å²) in [5.74, 6) is -0.304. The zero-order valence-corrected chi connectivity index (χ0v) is 8.54. The second-order valence-corrected chi connectivity index (χ2v) is 3.47. The van der Waals surface area contributed by atoms with Crippen molar-refractivity contribution in [1.82, 2.24) is 5.32 Å². The lowest BCUT2D eigenvalue weighted by Crippen LogP contribution is -2.32. The summed E-state index contributed by atoms with van der Waals surface area (Å²) in [7, 11) is 0. The number of ketones is 1. The summed E-state index contributed by atoms with van der Waals surface area (Å²) in [5, 5.41) is 3.18. The SMILES string of the molecule is CCOC(=O)CC(=O)C1CCNCC1. The van der Waals surface area contributed by atoms with Crippen molar-refractivity contribution in [2.45, 2.75) is 26.2 Å². The van der Waals surface area contributed by atoms with Crippen LogP contribution < -0.4 is 5.32 Å². The summed E-state index contributed by atoms with van der Waals surface area (Å²) >= 11 is 0. The number of nitrogens with one attached hydrogen (secondary N) is 1. The number of Topliss-reactive ketones (excluding diaryl/α,β-unsaturated/α-hetero) is 1. The van der Waals surface area contributed by atoms with Crippen molar-refractivity contribution in [2.24, 2.45) is 5.92 Å². The van der Waals surface area contributed by atoms with Gasteiger partial charge in [-0.3, -0.25) is 9.59 Å². The van der Waals surface area contributed by atoms with Crippen molar-refractivity contribution in [1.29, 1.82) is 0 Å². The van der Waals surface area contributed by atoms with Gasteiger partial charge in [-0.2, -0.15) is 0 Å². The molecule has 0 atom stereocenters. The van der Waals surface area contributed by atoms with Crippen LogP contribution in [0.4, 0.5) is 0 Å². The highest BCUT2D eigenvalue weighted by molar-refractivity contribution is 5.96. The molecule has 0 saturated carbocycles. The van der Waals surface area contributed by atoms with E-state index >= 15 is 0 Å². The summed E-state index contributed by atoms with van der Waals surface area (Å²) in [5.41, 5.74) is 0. The van der Waals surface area contributed by atoms with E-state index in [1.54, 1.807) is 6.92 Å². The third-order valence-corrected chi connectivity index (χ3v) is 2.42. The third-order valence-electron chi connectivity index (χ3n) is 2.42. The van der Waals surface area contributed by atoms with Crippen LogP contribution in [-0.4, -0.2) is 31.4 Å². The highest BCUT2D eigenvalue weighted by Crippen LogP contribution is 2.14. The fourth-order valence-electron chi connectivity index (χ4n) is 1.64. The zero-order chi connectivity index (χ0) is 10.4. The molecule has 1 rings (SSSR count). The Morgan fingerprint density at radius 1 is 1.36 bits per heavy atom.